The second-order valence-corrected chi connectivity index (χ2v) is 4.13. The largest absolute Gasteiger partial charge is 0.350 e. The molecule has 1 aliphatic rings. The van der Waals surface area contributed by atoms with Crippen LogP contribution in [0.25, 0.3) is 0 Å². The monoisotopic (exact) mass is 233 g/mol. The highest BCUT2D eigenvalue weighted by molar-refractivity contribution is 9.09. The van der Waals surface area contributed by atoms with Gasteiger partial charge in [0.05, 0.1) is 0 Å². The summed E-state index contributed by atoms with van der Waals surface area (Å²) in [6.45, 7) is 2.10. The van der Waals surface area contributed by atoms with Crippen molar-refractivity contribution in [1.82, 2.24) is 5.32 Å². The molecular formula is C9H16BrNO. The van der Waals surface area contributed by atoms with Crippen LogP contribution in [0.5, 0.6) is 0 Å². The van der Waals surface area contributed by atoms with Gasteiger partial charge in [-0.15, -0.1) is 0 Å². The lowest BCUT2D eigenvalue weighted by atomic mass is 10.2. The highest BCUT2D eigenvalue weighted by atomic mass is 79.9. The number of hydrogen-bond acceptors (Lipinski definition) is 1. The minimum absolute atomic E-state index is 0.130. The molecule has 0 radical (unpaired) electrons. The Morgan fingerprint density at radius 3 is 2.67 bits per heavy atom. The van der Waals surface area contributed by atoms with Crippen molar-refractivity contribution in [2.24, 2.45) is 0 Å². The third-order valence-electron chi connectivity index (χ3n) is 2.27. The van der Waals surface area contributed by atoms with E-state index in [1.54, 1.807) is 0 Å². The minimum Gasteiger partial charge on any atom is -0.350 e. The third kappa shape index (κ3) is 2.77. The molecule has 0 bridgehead atoms. The van der Waals surface area contributed by atoms with E-state index in [0.29, 0.717) is 6.42 Å². The zero-order chi connectivity index (χ0) is 9.03. The summed E-state index contributed by atoms with van der Waals surface area (Å²) in [6.07, 6.45) is 5.05. The second-order valence-electron chi connectivity index (χ2n) is 3.57. The molecule has 0 unspecified atom stereocenters. The fourth-order valence-corrected chi connectivity index (χ4v) is 1.84. The van der Waals surface area contributed by atoms with Crippen molar-refractivity contribution in [3.63, 3.8) is 0 Å². The lowest BCUT2D eigenvalue weighted by molar-refractivity contribution is -0.121. The Hall–Kier alpha value is -0.0500. The molecule has 12 heavy (non-hydrogen) atoms. The number of halogens is 1. The van der Waals surface area contributed by atoms with E-state index < -0.39 is 0 Å². The van der Waals surface area contributed by atoms with Gasteiger partial charge in [0.1, 0.15) is 0 Å². The number of rotatable bonds is 5. The molecule has 0 aromatic heterocycles. The predicted molar refractivity (Wildman–Crippen MR) is 53.4 cm³/mol. The van der Waals surface area contributed by atoms with E-state index in [1.807, 2.05) is 0 Å². The van der Waals surface area contributed by atoms with E-state index in [2.05, 4.69) is 28.2 Å². The van der Waals surface area contributed by atoms with Crippen LogP contribution < -0.4 is 5.32 Å². The Balaban J connectivity index is 2.17. The van der Waals surface area contributed by atoms with E-state index in [-0.39, 0.29) is 11.4 Å². The Labute approximate surface area is 82.2 Å². The van der Waals surface area contributed by atoms with Crippen molar-refractivity contribution in [3.05, 3.63) is 0 Å². The maximum Gasteiger partial charge on any atom is 0.220 e. The number of hydrogen-bond donors (Lipinski definition) is 1. The van der Waals surface area contributed by atoms with Gasteiger partial charge in [0.25, 0.3) is 0 Å². The first-order valence-corrected chi connectivity index (χ1v) is 5.71. The molecule has 0 heterocycles. The zero-order valence-electron chi connectivity index (χ0n) is 7.53. The predicted octanol–water partition coefficient (Wildman–Crippen LogP) is 2.22. The first-order chi connectivity index (χ1) is 5.72. The van der Waals surface area contributed by atoms with Gasteiger partial charge in [0, 0.05) is 17.3 Å². The number of carbonyl (C=O) groups is 1. The molecule has 0 aromatic carbocycles. The van der Waals surface area contributed by atoms with Crippen LogP contribution >= 0.6 is 15.9 Å². The van der Waals surface area contributed by atoms with E-state index in [0.717, 1.165) is 31.0 Å². The molecule has 0 aliphatic heterocycles. The molecule has 1 saturated carbocycles. The number of amides is 1. The molecule has 1 aliphatic carbocycles. The van der Waals surface area contributed by atoms with Gasteiger partial charge in [-0.1, -0.05) is 29.3 Å². The number of nitrogens with one attached hydrogen (secondary N) is 1. The maximum atomic E-state index is 11.3. The van der Waals surface area contributed by atoms with Crippen LogP contribution in [0, 0.1) is 0 Å². The van der Waals surface area contributed by atoms with Gasteiger partial charge in [0.15, 0.2) is 0 Å². The first kappa shape index (κ1) is 10.0. The fraction of sp³-hybridized carbons (Fsp3) is 0.889. The molecule has 1 rings (SSSR count). The standard InChI is InChI=1S/C9H16BrNO/c1-2-3-4-8(12)11-9(7-10)5-6-9/h2-7H2,1H3,(H,11,12). The summed E-state index contributed by atoms with van der Waals surface area (Å²) in [5.74, 6) is 0.216. The van der Waals surface area contributed by atoms with Crippen LogP contribution in [0.2, 0.25) is 0 Å². The van der Waals surface area contributed by atoms with E-state index in [4.69, 9.17) is 0 Å². The van der Waals surface area contributed by atoms with Crippen LogP contribution in [-0.2, 0) is 4.79 Å². The fourth-order valence-electron chi connectivity index (χ4n) is 1.14. The molecule has 0 saturated heterocycles. The topological polar surface area (TPSA) is 29.1 Å². The van der Waals surface area contributed by atoms with Crippen LogP contribution in [0.3, 0.4) is 0 Å². The number of carbonyl (C=O) groups excluding carboxylic acids is 1. The van der Waals surface area contributed by atoms with Crippen LogP contribution in [0.15, 0.2) is 0 Å². The van der Waals surface area contributed by atoms with Crippen LogP contribution in [-0.4, -0.2) is 16.8 Å². The van der Waals surface area contributed by atoms with Gasteiger partial charge in [-0.05, 0) is 19.3 Å². The summed E-state index contributed by atoms with van der Waals surface area (Å²) in [6, 6.07) is 0. The maximum absolute atomic E-state index is 11.3. The van der Waals surface area contributed by atoms with Gasteiger partial charge >= 0.3 is 0 Å². The highest BCUT2D eigenvalue weighted by Crippen LogP contribution is 2.36. The SMILES string of the molecule is CCCCC(=O)NC1(CBr)CC1. The summed E-state index contributed by atoms with van der Waals surface area (Å²) in [5, 5.41) is 3.97. The number of alkyl halides is 1. The Bertz CT molecular complexity index is 166. The van der Waals surface area contributed by atoms with E-state index in [9.17, 15) is 4.79 Å². The molecule has 1 N–H and O–H groups in total. The summed E-state index contributed by atoms with van der Waals surface area (Å²) in [7, 11) is 0. The molecule has 0 atom stereocenters. The summed E-state index contributed by atoms with van der Waals surface area (Å²) in [5.41, 5.74) is 0.130. The highest BCUT2D eigenvalue weighted by Gasteiger charge is 2.42. The zero-order valence-corrected chi connectivity index (χ0v) is 9.11. The van der Waals surface area contributed by atoms with Crippen molar-refractivity contribution >= 4 is 21.8 Å². The van der Waals surface area contributed by atoms with Gasteiger partial charge in [0.2, 0.25) is 5.91 Å². The van der Waals surface area contributed by atoms with Crippen molar-refractivity contribution in [1.29, 1.82) is 0 Å². The summed E-state index contributed by atoms with van der Waals surface area (Å²) >= 11 is 3.42. The molecule has 2 nitrogen and oxygen atoms in total. The minimum atomic E-state index is 0.130. The Kier molecular flexibility index (Phi) is 3.56. The molecular weight excluding hydrogens is 218 g/mol. The van der Waals surface area contributed by atoms with Crippen molar-refractivity contribution in [2.45, 2.75) is 44.6 Å². The quantitative estimate of drug-likeness (QED) is 0.726. The molecule has 3 heteroatoms. The lowest BCUT2D eigenvalue weighted by Gasteiger charge is -2.13. The van der Waals surface area contributed by atoms with Gasteiger partial charge in [-0.2, -0.15) is 0 Å². The third-order valence-corrected chi connectivity index (χ3v) is 3.34. The van der Waals surface area contributed by atoms with Gasteiger partial charge in [-0.25, -0.2) is 0 Å². The van der Waals surface area contributed by atoms with Crippen LogP contribution in [0.4, 0.5) is 0 Å². The van der Waals surface area contributed by atoms with E-state index in [1.165, 1.54) is 0 Å². The van der Waals surface area contributed by atoms with Crippen LogP contribution in [0.1, 0.15) is 39.0 Å². The molecule has 0 aromatic rings. The lowest BCUT2D eigenvalue weighted by Crippen LogP contribution is -2.37. The van der Waals surface area contributed by atoms with Gasteiger partial charge in [-0.3, -0.25) is 4.79 Å². The number of unbranched alkanes of at least 4 members (excludes halogenated alkanes) is 1. The summed E-state index contributed by atoms with van der Waals surface area (Å²) in [4.78, 5) is 11.3. The average Bonchev–Trinajstić information content (AvgIpc) is 2.82. The van der Waals surface area contributed by atoms with Crippen molar-refractivity contribution in [2.75, 3.05) is 5.33 Å². The smallest absolute Gasteiger partial charge is 0.220 e. The van der Waals surface area contributed by atoms with Crippen molar-refractivity contribution < 1.29 is 4.79 Å². The molecule has 1 fully saturated rings. The first-order valence-electron chi connectivity index (χ1n) is 4.59. The second kappa shape index (κ2) is 4.26. The summed E-state index contributed by atoms with van der Waals surface area (Å²) < 4.78 is 0. The molecule has 0 spiro atoms. The van der Waals surface area contributed by atoms with Gasteiger partial charge < -0.3 is 5.32 Å². The normalized spacial score (nSPS) is 18.8. The average molecular weight is 234 g/mol. The molecule has 70 valence electrons. The Morgan fingerprint density at radius 2 is 2.25 bits per heavy atom. The molecule has 1 amide bonds. The van der Waals surface area contributed by atoms with E-state index >= 15 is 0 Å². The Morgan fingerprint density at radius 1 is 1.58 bits per heavy atom. The van der Waals surface area contributed by atoms with Crippen molar-refractivity contribution in [3.8, 4) is 0 Å².